The summed E-state index contributed by atoms with van der Waals surface area (Å²) in [6.07, 6.45) is 8.84. The summed E-state index contributed by atoms with van der Waals surface area (Å²) in [5.74, 6) is 0.404. The maximum Gasteiger partial charge on any atom is 0.245 e. The van der Waals surface area contributed by atoms with Gasteiger partial charge in [-0.3, -0.25) is 14.4 Å². The number of nitrogens with zero attached hydrogens (tertiary/aromatic N) is 7. The largest absolute Gasteiger partial charge is 0.356 e. The van der Waals surface area contributed by atoms with Crippen molar-refractivity contribution in [1.29, 1.82) is 0 Å². The van der Waals surface area contributed by atoms with Gasteiger partial charge in [-0.25, -0.2) is 28.7 Å². The lowest BCUT2D eigenvalue weighted by atomic mass is 9.77. The third-order valence-corrected chi connectivity index (χ3v) is 7.13. The van der Waals surface area contributed by atoms with Crippen LogP contribution in [0.5, 0.6) is 0 Å². The number of imidazole rings is 1. The molecule has 0 radical (unpaired) electrons. The predicted molar refractivity (Wildman–Crippen MR) is 115 cm³/mol. The van der Waals surface area contributed by atoms with E-state index in [2.05, 4.69) is 24.9 Å². The maximum absolute atomic E-state index is 13.8. The van der Waals surface area contributed by atoms with Gasteiger partial charge in [0.15, 0.2) is 0 Å². The average Bonchev–Trinajstić information content (AvgIpc) is 3.53. The van der Waals surface area contributed by atoms with Gasteiger partial charge in [0, 0.05) is 50.7 Å². The Morgan fingerprint density at radius 1 is 0.970 bits per heavy atom. The maximum atomic E-state index is 13.8. The number of amides is 1. The molecule has 0 unspecified atom stereocenters. The Bertz CT molecular complexity index is 1170. The molecule has 0 saturated carbocycles. The number of hydrogen-bond acceptors (Lipinski definition) is 6. The molecule has 6 rings (SSSR count). The highest BCUT2D eigenvalue weighted by molar-refractivity contribution is 5.85. The number of benzene rings is 1. The zero-order valence-electron chi connectivity index (χ0n) is 17.9. The van der Waals surface area contributed by atoms with Crippen molar-refractivity contribution in [2.75, 3.05) is 31.1 Å². The molecule has 3 aromatic rings. The number of hydrazine groups is 1. The lowest BCUT2D eigenvalue weighted by Crippen LogP contribution is -2.46. The Morgan fingerprint density at radius 2 is 1.73 bits per heavy atom. The molecule has 0 bridgehead atoms. The van der Waals surface area contributed by atoms with Gasteiger partial charge in [0.2, 0.25) is 5.91 Å². The van der Waals surface area contributed by atoms with Gasteiger partial charge in [-0.15, -0.1) is 0 Å². The lowest BCUT2D eigenvalue weighted by Gasteiger charge is -2.38. The summed E-state index contributed by atoms with van der Waals surface area (Å²) in [6, 6.07) is 5.15. The van der Waals surface area contributed by atoms with Gasteiger partial charge < -0.3 is 4.90 Å². The summed E-state index contributed by atoms with van der Waals surface area (Å²) < 4.78 is 29.5. The topological polar surface area (TPSA) is 70.4 Å². The molecule has 2 aromatic heterocycles. The highest BCUT2D eigenvalue weighted by Crippen LogP contribution is 2.47. The summed E-state index contributed by atoms with van der Waals surface area (Å²) in [5, 5.41) is 3.82. The van der Waals surface area contributed by atoms with Gasteiger partial charge in [-0.05, 0) is 37.0 Å². The zero-order valence-corrected chi connectivity index (χ0v) is 17.9. The van der Waals surface area contributed by atoms with Crippen molar-refractivity contribution >= 4 is 11.7 Å². The second kappa shape index (κ2) is 7.58. The van der Waals surface area contributed by atoms with Crippen LogP contribution < -0.4 is 4.90 Å². The van der Waals surface area contributed by atoms with Crippen LogP contribution in [0.1, 0.15) is 30.9 Å². The Morgan fingerprint density at radius 3 is 2.45 bits per heavy atom. The Kier molecular flexibility index (Phi) is 4.65. The number of halogens is 2. The number of rotatable bonds is 3. The number of piperidine rings is 1. The fourth-order valence-corrected chi connectivity index (χ4v) is 5.44. The fourth-order valence-electron chi connectivity index (χ4n) is 5.44. The smallest absolute Gasteiger partial charge is 0.245 e. The fraction of sp³-hybridized carbons (Fsp3) is 0.391. The number of aromatic nitrogens is 4. The summed E-state index contributed by atoms with van der Waals surface area (Å²) in [7, 11) is 0. The third kappa shape index (κ3) is 3.36. The first-order valence-electron chi connectivity index (χ1n) is 11.1. The summed E-state index contributed by atoms with van der Waals surface area (Å²) in [6.45, 7) is 2.76. The summed E-state index contributed by atoms with van der Waals surface area (Å²) in [5.41, 5.74) is 0.0483. The molecule has 5 heterocycles. The Labute approximate surface area is 189 Å². The molecule has 0 N–H and O–H groups in total. The predicted octanol–water partition coefficient (Wildman–Crippen LogP) is 2.73. The number of carbonyl (C=O) groups is 1. The first-order chi connectivity index (χ1) is 16.0. The van der Waals surface area contributed by atoms with Crippen molar-refractivity contribution in [1.82, 2.24) is 29.5 Å². The van der Waals surface area contributed by atoms with E-state index in [9.17, 15) is 13.6 Å². The average molecular weight is 451 g/mol. The quantitative estimate of drug-likeness (QED) is 0.610. The van der Waals surface area contributed by atoms with E-state index in [0.717, 1.165) is 17.7 Å². The number of carbonyl (C=O) groups excluding carboxylic acids is 1. The van der Waals surface area contributed by atoms with Gasteiger partial charge in [-0.1, -0.05) is 0 Å². The van der Waals surface area contributed by atoms with Crippen LogP contribution in [0.3, 0.4) is 0 Å². The Hall–Kier alpha value is -3.40. The van der Waals surface area contributed by atoms with Gasteiger partial charge in [0.25, 0.3) is 0 Å². The SMILES string of the molecule is O=C1N2[C@H](c3cc(F)cc(F)c3)CCN2CC12CCN(c1cc(-n3ccnc3)ncn1)CC2. The van der Waals surface area contributed by atoms with Crippen molar-refractivity contribution in [3.8, 4) is 5.82 Å². The van der Waals surface area contributed by atoms with Gasteiger partial charge in [-0.2, -0.15) is 0 Å². The minimum absolute atomic E-state index is 0.0658. The van der Waals surface area contributed by atoms with E-state index in [1.54, 1.807) is 23.9 Å². The van der Waals surface area contributed by atoms with Crippen LogP contribution in [0.2, 0.25) is 0 Å². The van der Waals surface area contributed by atoms with E-state index in [4.69, 9.17) is 0 Å². The normalized spacial score (nSPS) is 22.4. The molecule has 3 aliphatic rings. The van der Waals surface area contributed by atoms with Crippen LogP contribution >= 0.6 is 0 Å². The molecular formula is C23H23F2N7O. The molecule has 3 aliphatic heterocycles. The Balaban J connectivity index is 1.19. The first kappa shape index (κ1) is 20.2. The van der Waals surface area contributed by atoms with E-state index in [-0.39, 0.29) is 11.9 Å². The highest BCUT2D eigenvalue weighted by atomic mass is 19.1. The van der Waals surface area contributed by atoms with Crippen LogP contribution in [0.4, 0.5) is 14.6 Å². The zero-order chi connectivity index (χ0) is 22.6. The lowest BCUT2D eigenvalue weighted by molar-refractivity contribution is -0.143. The molecule has 1 amide bonds. The van der Waals surface area contributed by atoms with Crippen LogP contribution in [0.25, 0.3) is 5.82 Å². The second-order valence-corrected chi connectivity index (χ2v) is 9.02. The van der Waals surface area contributed by atoms with Gasteiger partial charge in [0.05, 0.1) is 11.5 Å². The first-order valence-corrected chi connectivity index (χ1v) is 11.1. The van der Waals surface area contributed by atoms with Gasteiger partial charge in [0.1, 0.15) is 35.9 Å². The number of hydrogen-bond donors (Lipinski definition) is 0. The van der Waals surface area contributed by atoms with Crippen molar-refractivity contribution in [3.63, 3.8) is 0 Å². The van der Waals surface area contributed by atoms with Crippen LogP contribution in [0, 0.1) is 17.0 Å². The van der Waals surface area contributed by atoms with E-state index >= 15 is 0 Å². The second-order valence-electron chi connectivity index (χ2n) is 9.02. The standard InChI is InChI=1S/C23H23F2N7O/c24-17-9-16(10-18(25)11-17)19-1-5-31-13-23(22(33)32(19)31)2-6-29(7-3-23)20-12-21(28-14-27-20)30-8-4-26-15-30/h4,8-12,14-15,19H,1-3,5-7,13H2/t19-/m0/s1. The third-order valence-electron chi connectivity index (χ3n) is 7.13. The van der Waals surface area contributed by atoms with Crippen molar-refractivity contribution in [3.05, 3.63) is 66.5 Å². The molecule has 10 heteroatoms. The number of anilines is 1. The summed E-state index contributed by atoms with van der Waals surface area (Å²) >= 11 is 0. The minimum Gasteiger partial charge on any atom is -0.356 e. The molecular weight excluding hydrogens is 428 g/mol. The molecule has 3 fully saturated rings. The molecule has 1 spiro atoms. The molecule has 8 nitrogen and oxygen atoms in total. The molecule has 3 saturated heterocycles. The van der Waals surface area contributed by atoms with E-state index in [1.165, 1.54) is 12.1 Å². The van der Waals surface area contributed by atoms with Crippen LogP contribution in [-0.4, -0.2) is 61.6 Å². The van der Waals surface area contributed by atoms with Crippen molar-refractivity contribution < 1.29 is 13.6 Å². The molecule has 170 valence electrons. The van der Waals surface area contributed by atoms with Crippen molar-refractivity contribution in [2.24, 2.45) is 5.41 Å². The highest BCUT2D eigenvalue weighted by Gasteiger charge is 2.56. The molecule has 1 atom stereocenters. The van der Waals surface area contributed by atoms with E-state index in [0.29, 0.717) is 51.0 Å². The van der Waals surface area contributed by atoms with Crippen LogP contribution in [0.15, 0.2) is 49.3 Å². The minimum atomic E-state index is -0.613. The molecule has 0 aliphatic carbocycles. The van der Waals surface area contributed by atoms with Crippen molar-refractivity contribution in [2.45, 2.75) is 25.3 Å². The summed E-state index contributed by atoms with van der Waals surface area (Å²) in [4.78, 5) is 28.6. The van der Waals surface area contributed by atoms with Gasteiger partial charge >= 0.3 is 0 Å². The van der Waals surface area contributed by atoms with E-state index < -0.39 is 17.0 Å². The monoisotopic (exact) mass is 451 g/mol. The molecule has 1 aromatic carbocycles. The van der Waals surface area contributed by atoms with Crippen LogP contribution in [-0.2, 0) is 4.79 Å². The molecule has 33 heavy (non-hydrogen) atoms. The number of fused-ring (bicyclic) bond motifs is 1. The van der Waals surface area contributed by atoms with E-state index in [1.807, 2.05) is 16.8 Å².